The van der Waals surface area contributed by atoms with E-state index in [1.54, 1.807) is 12.1 Å². The van der Waals surface area contributed by atoms with Gasteiger partial charge in [0.05, 0.1) is 4.92 Å². The lowest BCUT2D eigenvalue weighted by atomic mass is 9.81. The van der Waals surface area contributed by atoms with Gasteiger partial charge in [0.15, 0.2) is 0 Å². The Morgan fingerprint density at radius 3 is 2.32 bits per heavy atom. The Hall–Kier alpha value is -1.68. The second-order valence-electron chi connectivity index (χ2n) is 5.63. The molecule has 0 saturated heterocycles. The Bertz CT molecular complexity index is 505. The predicted octanol–water partition coefficient (Wildman–Crippen LogP) is 3.48. The third kappa shape index (κ3) is 2.84. The first-order valence-corrected chi connectivity index (χ1v) is 6.54. The van der Waals surface area contributed by atoms with Crippen LogP contribution in [0.25, 0.3) is 5.57 Å². The zero-order valence-corrected chi connectivity index (χ0v) is 11.7. The van der Waals surface area contributed by atoms with Crippen LogP contribution in [-0.2, 0) is 0 Å². The molecule has 19 heavy (non-hydrogen) atoms. The summed E-state index contributed by atoms with van der Waals surface area (Å²) >= 11 is 0. The highest BCUT2D eigenvalue weighted by atomic mass is 16.6. The molecule has 0 fully saturated rings. The Labute approximate surface area is 113 Å². The molecule has 0 N–H and O–H groups in total. The molecule has 0 heterocycles. The van der Waals surface area contributed by atoms with Crippen molar-refractivity contribution in [3.8, 4) is 0 Å². The van der Waals surface area contributed by atoms with E-state index in [9.17, 15) is 10.1 Å². The van der Waals surface area contributed by atoms with E-state index in [2.05, 4.69) is 32.0 Å². The molecule has 0 amide bonds. The molecule has 0 spiro atoms. The molecule has 0 radical (unpaired) electrons. The first-order valence-electron chi connectivity index (χ1n) is 6.54. The predicted molar refractivity (Wildman–Crippen MR) is 77.0 cm³/mol. The molecule has 1 aliphatic rings. The molecule has 102 valence electrons. The van der Waals surface area contributed by atoms with E-state index in [0.29, 0.717) is 0 Å². The smallest absolute Gasteiger partial charge is 0.269 e. The fraction of sp³-hybridized carbons (Fsp3) is 0.467. The zero-order valence-electron chi connectivity index (χ0n) is 11.7. The van der Waals surface area contributed by atoms with Crippen molar-refractivity contribution in [2.24, 2.45) is 0 Å². The number of hydrogen-bond acceptors (Lipinski definition) is 3. The number of non-ortho nitro benzene ring substituents is 1. The van der Waals surface area contributed by atoms with Gasteiger partial charge in [-0.3, -0.25) is 10.1 Å². The number of benzene rings is 1. The number of nitro groups is 1. The van der Waals surface area contributed by atoms with Crippen molar-refractivity contribution in [1.82, 2.24) is 4.90 Å². The largest absolute Gasteiger partial charge is 0.304 e. The van der Waals surface area contributed by atoms with Crippen LogP contribution in [0.4, 0.5) is 5.69 Å². The molecule has 2 rings (SSSR count). The fourth-order valence-electron chi connectivity index (χ4n) is 2.42. The lowest BCUT2D eigenvalue weighted by Gasteiger charge is -2.39. The average molecular weight is 260 g/mol. The minimum absolute atomic E-state index is 0.151. The molecule has 4 heteroatoms. The summed E-state index contributed by atoms with van der Waals surface area (Å²) < 4.78 is 0. The van der Waals surface area contributed by atoms with Crippen LogP contribution in [0, 0.1) is 10.1 Å². The summed E-state index contributed by atoms with van der Waals surface area (Å²) in [6.45, 7) is 2.27. The average Bonchev–Trinajstić information content (AvgIpc) is 2.39. The molecular weight excluding hydrogens is 240 g/mol. The standard InChI is InChI=1S/C15H20N2O2/c1-15(16(2)3)10-8-13(9-11-15)12-4-6-14(7-5-12)17(18)19/h4-8H,9-11H2,1-3H3. The van der Waals surface area contributed by atoms with Gasteiger partial charge in [0.2, 0.25) is 0 Å². The SMILES string of the molecule is CN(C)C1(C)CC=C(c2ccc([N+](=O)[O-])cc2)CC1. The lowest BCUT2D eigenvalue weighted by Crippen LogP contribution is -2.42. The third-order valence-corrected chi connectivity index (χ3v) is 4.25. The first-order chi connectivity index (χ1) is 8.92. The van der Waals surface area contributed by atoms with Crippen LogP contribution in [0.2, 0.25) is 0 Å². The highest BCUT2D eigenvalue weighted by molar-refractivity contribution is 5.67. The summed E-state index contributed by atoms with van der Waals surface area (Å²) in [5.41, 5.74) is 2.78. The topological polar surface area (TPSA) is 46.4 Å². The summed E-state index contributed by atoms with van der Waals surface area (Å²) in [6.07, 6.45) is 5.42. The van der Waals surface area contributed by atoms with Crippen LogP contribution in [-0.4, -0.2) is 29.5 Å². The van der Waals surface area contributed by atoms with E-state index >= 15 is 0 Å². The van der Waals surface area contributed by atoms with Crippen molar-refractivity contribution in [1.29, 1.82) is 0 Å². The van der Waals surface area contributed by atoms with Crippen LogP contribution in [0.1, 0.15) is 31.7 Å². The van der Waals surface area contributed by atoms with E-state index in [0.717, 1.165) is 24.8 Å². The van der Waals surface area contributed by atoms with Crippen molar-refractivity contribution >= 4 is 11.3 Å². The van der Waals surface area contributed by atoms with Gasteiger partial charge in [-0.2, -0.15) is 0 Å². The molecule has 0 aromatic heterocycles. The van der Waals surface area contributed by atoms with Crippen LogP contribution < -0.4 is 0 Å². The van der Waals surface area contributed by atoms with Gasteiger partial charge in [0.25, 0.3) is 5.69 Å². The molecule has 1 aliphatic carbocycles. The van der Waals surface area contributed by atoms with Gasteiger partial charge >= 0.3 is 0 Å². The molecule has 1 aromatic rings. The van der Waals surface area contributed by atoms with Crippen molar-refractivity contribution in [2.75, 3.05) is 14.1 Å². The van der Waals surface area contributed by atoms with E-state index in [1.807, 2.05) is 12.1 Å². The van der Waals surface area contributed by atoms with Gasteiger partial charge in [-0.1, -0.05) is 6.08 Å². The number of hydrogen-bond donors (Lipinski definition) is 0. The molecule has 0 bridgehead atoms. The highest BCUT2D eigenvalue weighted by Gasteiger charge is 2.29. The van der Waals surface area contributed by atoms with Crippen molar-refractivity contribution in [2.45, 2.75) is 31.7 Å². The third-order valence-electron chi connectivity index (χ3n) is 4.25. The van der Waals surface area contributed by atoms with Crippen LogP contribution >= 0.6 is 0 Å². The first kappa shape index (κ1) is 13.7. The van der Waals surface area contributed by atoms with Gasteiger partial charge in [-0.25, -0.2) is 0 Å². The molecule has 1 atom stereocenters. The van der Waals surface area contributed by atoms with Crippen LogP contribution in [0.5, 0.6) is 0 Å². The maximum Gasteiger partial charge on any atom is 0.269 e. The Morgan fingerprint density at radius 1 is 1.26 bits per heavy atom. The molecule has 0 aliphatic heterocycles. The minimum Gasteiger partial charge on any atom is -0.304 e. The second kappa shape index (κ2) is 5.13. The number of nitro benzene ring substituents is 1. The van der Waals surface area contributed by atoms with E-state index in [1.165, 1.54) is 5.57 Å². The summed E-state index contributed by atoms with van der Waals surface area (Å²) in [5.74, 6) is 0. The number of allylic oxidation sites excluding steroid dienone is 1. The fourth-order valence-corrected chi connectivity index (χ4v) is 2.42. The highest BCUT2D eigenvalue weighted by Crippen LogP contribution is 2.35. The Balaban J connectivity index is 2.16. The maximum absolute atomic E-state index is 10.6. The molecule has 1 aromatic carbocycles. The molecule has 1 unspecified atom stereocenters. The Kier molecular flexibility index (Phi) is 3.71. The monoisotopic (exact) mass is 260 g/mol. The number of nitrogens with zero attached hydrogens (tertiary/aromatic N) is 2. The summed E-state index contributed by atoms with van der Waals surface area (Å²) in [7, 11) is 4.23. The second-order valence-corrected chi connectivity index (χ2v) is 5.63. The van der Waals surface area contributed by atoms with Crippen molar-refractivity contribution < 1.29 is 4.92 Å². The summed E-state index contributed by atoms with van der Waals surface area (Å²) in [6, 6.07) is 6.86. The summed E-state index contributed by atoms with van der Waals surface area (Å²) in [5, 5.41) is 10.6. The quantitative estimate of drug-likeness (QED) is 0.617. The Morgan fingerprint density at radius 2 is 1.89 bits per heavy atom. The molecular formula is C15H20N2O2. The van der Waals surface area contributed by atoms with Gasteiger partial charge in [0, 0.05) is 17.7 Å². The van der Waals surface area contributed by atoms with E-state index < -0.39 is 0 Å². The van der Waals surface area contributed by atoms with Gasteiger partial charge in [-0.05, 0) is 63.6 Å². The number of rotatable bonds is 3. The van der Waals surface area contributed by atoms with Crippen LogP contribution in [0.3, 0.4) is 0 Å². The molecule has 4 nitrogen and oxygen atoms in total. The maximum atomic E-state index is 10.6. The van der Waals surface area contributed by atoms with Gasteiger partial charge in [-0.15, -0.1) is 0 Å². The summed E-state index contributed by atoms with van der Waals surface area (Å²) in [4.78, 5) is 12.5. The van der Waals surface area contributed by atoms with Crippen molar-refractivity contribution in [3.05, 3.63) is 46.0 Å². The lowest BCUT2D eigenvalue weighted by molar-refractivity contribution is -0.384. The van der Waals surface area contributed by atoms with Gasteiger partial charge in [0.1, 0.15) is 0 Å². The van der Waals surface area contributed by atoms with Crippen LogP contribution in [0.15, 0.2) is 30.3 Å². The molecule has 0 saturated carbocycles. The zero-order chi connectivity index (χ0) is 14.0. The van der Waals surface area contributed by atoms with Crippen molar-refractivity contribution in [3.63, 3.8) is 0 Å². The normalized spacial score (nSPS) is 23.3. The minimum atomic E-state index is -0.359. The van der Waals surface area contributed by atoms with Gasteiger partial charge < -0.3 is 4.90 Å². The van der Waals surface area contributed by atoms with E-state index in [-0.39, 0.29) is 16.1 Å². The van der Waals surface area contributed by atoms with E-state index in [4.69, 9.17) is 0 Å².